The molecule has 0 spiro atoms. The maximum Gasteiger partial charge on any atom is 0.323 e. The average molecular weight is 599 g/mol. The minimum atomic E-state index is -0.689. The highest BCUT2D eigenvalue weighted by Gasteiger charge is 2.28. The summed E-state index contributed by atoms with van der Waals surface area (Å²) in [6.45, 7) is 10.8. The molecule has 0 bridgehead atoms. The molecule has 0 radical (unpaired) electrons. The van der Waals surface area contributed by atoms with Gasteiger partial charge in [-0.15, -0.1) is 0 Å². The van der Waals surface area contributed by atoms with Crippen molar-refractivity contribution in [3.8, 4) is 0 Å². The molecule has 1 aliphatic rings. The Bertz CT molecular complexity index is 693. The zero-order chi connectivity index (χ0) is 31.0. The molecule has 2 atom stereocenters. The Kier molecular flexibility index (Phi) is 21.9. The van der Waals surface area contributed by atoms with E-state index >= 15 is 0 Å². The molecule has 0 aliphatic heterocycles. The van der Waals surface area contributed by atoms with Crippen molar-refractivity contribution in [2.45, 2.75) is 130 Å². The van der Waals surface area contributed by atoms with Crippen LogP contribution < -0.4 is 10.6 Å². The smallest absolute Gasteiger partial charge is 0.323 e. The van der Waals surface area contributed by atoms with Gasteiger partial charge in [-0.05, 0) is 76.3 Å². The molecule has 2 N–H and O–H groups in total. The van der Waals surface area contributed by atoms with Gasteiger partial charge in [0.05, 0.1) is 39.3 Å². The summed E-state index contributed by atoms with van der Waals surface area (Å²) in [5, 5.41) is 6.28. The Balaban J connectivity index is 2.39. The lowest BCUT2D eigenvalue weighted by molar-refractivity contribution is -0.154. The fourth-order valence-corrected chi connectivity index (χ4v) is 4.66. The molecule has 2 unspecified atom stereocenters. The summed E-state index contributed by atoms with van der Waals surface area (Å²) in [5.74, 6) is -1.11. The van der Waals surface area contributed by atoms with E-state index in [1.165, 1.54) is 0 Å². The fraction of sp³-hybridized carbons (Fsp3) is 0.875. The first-order valence-corrected chi connectivity index (χ1v) is 16.5. The third-order valence-electron chi connectivity index (χ3n) is 7.56. The highest BCUT2D eigenvalue weighted by Crippen LogP contribution is 2.29. The first-order valence-electron chi connectivity index (χ1n) is 16.5. The Morgan fingerprint density at radius 1 is 0.571 bits per heavy atom. The third kappa shape index (κ3) is 17.7. The van der Waals surface area contributed by atoms with Gasteiger partial charge in [-0.1, -0.05) is 53.4 Å². The minimum absolute atomic E-state index is 0.0413. The molecule has 0 aromatic rings. The average Bonchev–Trinajstić information content (AvgIpc) is 2.98. The van der Waals surface area contributed by atoms with Crippen LogP contribution in [0.1, 0.15) is 118 Å². The predicted octanol–water partition coefficient (Wildman–Crippen LogP) is 4.86. The summed E-state index contributed by atoms with van der Waals surface area (Å²) in [5.41, 5.74) is 0. The van der Waals surface area contributed by atoms with Crippen molar-refractivity contribution in [1.82, 2.24) is 10.6 Å². The monoisotopic (exact) mass is 598 g/mol. The molecule has 0 saturated heterocycles. The van der Waals surface area contributed by atoms with Crippen LogP contribution in [-0.2, 0) is 38.1 Å². The van der Waals surface area contributed by atoms with Gasteiger partial charge in [0, 0.05) is 0 Å². The topological polar surface area (TPSA) is 129 Å². The summed E-state index contributed by atoms with van der Waals surface area (Å²) in [6, 6.07) is -1.38. The van der Waals surface area contributed by atoms with Crippen LogP contribution in [0.4, 0.5) is 0 Å². The van der Waals surface area contributed by atoms with Crippen LogP contribution in [0.3, 0.4) is 0 Å². The second-order valence-corrected chi connectivity index (χ2v) is 11.4. The summed E-state index contributed by atoms with van der Waals surface area (Å²) in [7, 11) is 0. The Labute approximate surface area is 253 Å². The molecule has 0 amide bonds. The highest BCUT2D eigenvalue weighted by atomic mass is 16.5. The highest BCUT2D eigenvalue weighted by molar-refractivity contribution is 5.83. The standard InChI is InChI=1S/C32H58N2O8/c1-5-9-17-33-27(31(37)39-19-11-7-3)21-29(35)41-23-25-13-15-26(16-14-25)24-42-30(36)22-28(34-18-10-6-2)32(38)40-20-12-8-4/h25-28,33-34H,5-24H2,1-4H3. The van der Waals surface area contributed by atoms with Gasteiger partial charge in [0.2, 0.25) is 0 Å². The zero-order valence-electron chi connectivity index (χ0n) is 26.7. The van der Waals surface area contributed by atoms with Crippen molar-refractivity contribution in [1.29, 1.82) is 0 Å². The second kappa shape index (κ2) is 24.3. The molecule has 10 nitrogen and oxygen atoms in total. The first-order chi connectivity index (χ1) is 20.3. The van der Waals surface area contributed by atoms with E-state index in [-0.39, 0.29) is 24.7 Å². The van der Waals surface area contributed by atoms with Crippen LogP contribution >= 0.6 is 0 Å². The Morgan fingerprint density at radius 3 is 1.26 bits per heavy atom. The van der Waals surface area contributed by atoms with E-state index in [9.17, 15) is 19.2 Å². The maximum absolute atomic E-state index is 12.5. The number of carbonyl (C=O) groups excluding carboxylic acids is 4. The van der Waals surface area contributed by atoms with Gasteiger partial charge in [0.25, 0.3) is 0 Å². The maximum atomic E-state index is 12.5. The SMILES string of the molecule is CCCCNC(CC(=O)OCC1CCC(COC(=O)CC(NCCCC)C(=O)OCCCC)CC1)C(=O)OCCCC. The molecule has 42 heavy (non-hydrogen) atoms. The molecule has 0 heterocycles. The molecule has 1 saturated carbocycles. The van der Waals surface area contributed by atoms with E-state index in [0.29, 0.717) is 39.5 Å². The van der Waals surface area contributed by atoms with Crippen molar-refractivity contribution in [2.75, 3.05) is 39.5 Å². The lowest BCUT2D eigenvalue weighted by Gasteiger charge is -2.28. The van der Waals surface area contributed by atoms with Crippen molar-refractivity contribution < 1.29 is 38.1 Å². The van der Waals surface area contributed by atoms with E-state index in [2.05, 4.69) is 24.5 Å². The first kappa shape index (κ1) is 37.8. The minimum Gasteiger partial charge on any atom is -0.465 e. The molecular formula is C32H58N2O8. The lowest BCUT2D eigenvalue weighted by atomic mass is 9.83. The van der Waals surface area contributed by atoms with Crippen LogP contribution in [0.2, 0.25) is 0 Å². The number of ether oxygens (including phenoxy) is 4. The normalized spacial score (nSPS) is 18.1. The summed E-state index contributed by atoms with van der Waals surface area (Å²) in [6.07, 6.45) is 10.7. The fourth-order valence-electron chi connectivity index (χ4n) is 4.66. The number of hydrogen-bond donors (Lipinski definition) is 2. The van der Waals surface area contributed by atoms with Crippen LogP contribution in [0.25, 0.3) is 0 Å². The molecule has 1 aliphatic carbocycles. The van der Waals surface area contributed by atoms with Gasteiger partial charge in [-0.25, -0.2) is 0 Å². The van der Waals surface area contributed by atoms with Crippen LogP contribution in [0, 0.1) is 11.8 Å². The summed E-state index contributed by atoms with van der Waals surface area (Å²) in [4.78, 5) is 50.0. The van der Waals surface area contributed by atoms with E-state index in [0.717, 1.165) is 77.0 Å². The number of rotatable bonds is 24. The van der Waals surface area contributed by atoms with Gasteiger partial charge in [0.1, 0.15) is 12.1 Å². The number of hydrogen-bond acceptors (Lipinski definition) is 10. The van der Waals surface area contributed by atoms with E-state index in [1.807, 2.05) is 13.8 Å². The molecule has 244 valence electrons. The predicted molar refractivity (Wildman–Crippen MR) is 162 cm³/mol. The molecular weight excluding hydrogens is 540 g/mol. The van der Waals surface area contributed by atoms with Gasteiger partial charge in [-0.3, -0.25) is 19.2 Å². The lowest BCUT2D eigenvalue weighted by Crippen LogP contribution is -2.41. The molecule has 1 fully saturated rings. The Morgan fingerprint density at radius 2 is 0.929 bits per heavy atom. The molecule has 0 aromatic heterocycles. The second-order valence-electron chi connectivity index (χ2n) is 11.4. The quantitative estimate of drug-likeness (QED) is 0.0902. The number of carbonyl (C=O) groups is 4. The van der Waals surface area contributed by atoms with Gasteiger partial charge < -0.3 is 29.6 Å². The van der Waals surface area contributed by atoms with Crippen molar-refractivity contribution in [2.24, 2.45) is 11.8 Å². The van der Waals surface area contributed by atoms with Gasteiger partial charge in [-0.2, -0.15) is 0 Å². The molecule has 10 heteroatoms. The van der Waals surface area contributed by atoms with Crippen molar-refractivity contribution in [3.63, 3.8) is 0 Å². The van der Waals surface area contributed by atoms with Crippen LogP contribution in [-0.4, -0.2) is 75.5 Å². The van der Waals surface area contributed by atoms with Gasteiger partial charge in [0.15, 0.2) is 0 Å². The van der Waals surface area contributed by atoms with E-state index in [4.69, 9.17) is 18.9 Å². The number of unbranched alkanes of at least 4 members (excludes halogenated alkanes) is 4. The van der Waals surface area contributed by atoms with Gasteiger partial charge >= 0.3 is 23.9 Å². The van der Waals surface area contributed by atoms with Crippen LogP contribution in [0.15, 0.2) is 0 Å². The number of nitrogens with one attached hydrogen (secondary N) is 2. The summed E-state index contributed by atoms with van der Waals surface area (Å²) >= 11 is 0. The van der Waals surface area contributed by atoms with Crippen molar-refractivity contribution in [3.05, 3.63) is 0 Å². The van der Waals surface area contributed by atoms with Crippen molar-refractivity contribution >= 4 is 23.9 Å². The molecule has 0 aromatic carbocycles. The summed E-state index contributed by atoms with van der Waals surface area (Å²) < 4.78 is 21.7. The van der Waals surface area contributed by atoms with Crippen LogP contribution in [0.5, 0.6) is 0 Å². The molecule has 1 rings (SSSR count). The number of esters is 4. The largest absolute Gasteiger partial charge is 0.465 e. The van der Waals surface area contributed by atoms with E-state index < -0.39 is 36.0 Å². The third-order valence-corrected chi connectivity index (χ3v) is 7.56. The Hall–Kier alpha value is -2.20. The zero-order valence-corrected chi connectivity index (χ0v) is 26.7. The van der Waals surface area contributed by atoms with E-state index in [1.54, 1.807) is 0 Å².